The number of anilines is 1. The summed E-state index contributed by atoms with van der Waals surface area (Å²) in [5.74, 6) is 2.69. The van der Waals surface area contributed by atoms with Crippen LogP contribution in [0.5, 0.6) is 5.75 Å². The summed E-state index contributed by atoms with van der Waals surface area (Å²) in [5, 5.41) is 1.16. The molecule has 1 aromatic carbocycles. The molecule has 1 fully saturated rings. The molecule has 0 radical (unpaired) electrons. The van der Waals surface area contributed by atoms with E-state index < -0.39 is 0 Å². The van der Waals surface area contributed by atoms with E-state index in [-0.39, 0.29) is 0 Å². The summed E-state index contributed by atoms with van der Waals surface area (Å²) in [6, 6.07) is 8.80. The van der Waals surface area contributed by atoms with Crippen molar-refractivity contribution in [3.05, 3.63) is 36.2 Å². The van der Waals surface area contributed by atoms with Crippen LogP contribution in [0.3, 0.4) is 0 Å². The van der Waals surface area contributed by atoms with E-state index in [0.29, 0.717) is 6.04 Å². The number of nitrogens with zero attached hydrogens (tertiary/aromatic N) is 3. The average Bonchev–Trinajstić information content (AvgIpc) is 3.15. The Bertz CT molecular complexity index is 933. The number of H-pyrrole nitrogens is 1. The van der Waals surface area contributed by atoms with Crippen molar-refractivity contribution in [2.24, 2.45) is 0 Å². The van der Waals surface area contributed by atoms with Crippen molar-refractivity contribution in [3.63, 3.8) is 0 Å². The molecule has 2 aromatic heterocycles. The Labute approximate surface area is 147 Å². The zero-order chi connectivity index (χ0) is 16.8. The van der Waals surface area contributed by atoms with Crippen LogP contribution >= 0.6 is 0 Å². The normalized spacial score (nSPS) is 19.4. The molecule has 2 aliphatic rings. The van der Waals surface area contributed by atoms with Gasteiger partial charge in [0.1, 0.15) is 6.61 Å². The lowest BCUT2D eigenvalue weighted by atomic mass is 10.0. The number of nitrogens with one attached hydrogen (secondary N) is 1. The topological polar surface area (TPSA) is 54.0 Å². The quantitative estimate of drug-likeness (QED) is 0.771. The van der Waals surface area contributed by atoms with Gasteiger partial charge in [-0.05, 0) is 37.8 Å². The van der Waals surface area contributed by atoms with E-state index >= 15 is 0 Å². The van der Waals surface area contributed by atoms with Crippen molar-refractivity contribution in [2.45, 2.75) is 38.6 Å². The number of aromatic amines is 1. The zero-order valence-corrected chi connectivity index (χ0v) is 14.5. The van der Waals surface area contributed by atoms with Crippen LogP contribution in [0, 0.1) is 0 Å². The molecule has 0 spiro atoms. The van der Waals surface area contributed by atoms with E-state index in [2.05, 4.69) is 41.1 Å². The van der Waals surface area contributed by atoms with E-state index in [1.54, 1.807) is 0 Å². The van der Waals surface area contributed by atoms with Gasteiger partial charge in [0.15, 0.2) is 17.4 Å². The molecule has 5 heteroatoms. The van der Waals surface area contributed by atoms with Gasteiger partial charge in [0.2, 0.25) is 0 Å². The van der Waals surface area contributed by atoms with Gasteiger partial charge in [0.25, 0.3) is 0 Å². The second kappa shape index (κ2) is 5.76. The predicted molar refractivity (Wildman–Crippen MR) is 99.2 cm³/mol. The summed E-state index contributed by atoms with van der Waals surface area (Å²) in [4.78, 5) is 15.6. The van der Waals surface area contributed by atoms with Crippen LogP contribution in [0.15, 0.2) is 30.5 Å². The number of rotatable bonds is 2. The summed E-state index contributed by atoms with van der Waals surface area (Å²) in [6.45, 7) is 3.96. The van der Waals surface area contributed by atoms with E-state index in [0.717, 1.165) is 59.1 Å². The number of aromatic nitrogens is 3. The lowest BCUT2D eigenvalue weighted by Gasteiger charge is -2.41. The molecule has 1 saturated heterocycles. The first kappa shape index (κ1) is 14.8. The van der Waals surface area contributed by atoms with Gasteiger partial charge in [-0.2, -0.15) is 0 Å². The Kier molecular flexibility index (Phi) is 3.40. The van der Waals surface area contributed by atoms with E-state index in [4.69, 9.17) is 14.7 Å². The number of aryl methyl sites for hydroxylation is 1. The van der Waals surface area contributed by atoms with Crippen molar-refractivity contribution < 1.29 is 4.74 Å². The van der Waals surface area contributed by atoms with Crippen LogP contribution in [0.1, 0.15) is 31.9 Å². The molecule has 1 atom stereocenters. The molecule has 5 nitrogen and oxygen atoms in total. The summed E-state index contributed by atoms with van der Waals surface area (Å²) < 4.78 is 6.11. The Morgan fingerprint density at radius 1 is 1.24 bits per heavy atom. The maximum Gasteiger partial charge on any atom is 0.183 e. The second-order valence-corrected chi connectivity index (χ2v) is 6.90. The Balaban J connectivity index is 1.70. The molecule has 25 heavy (non-hydrogen) atoms. The molecule has 128 valence electrons. The van der Waals surface area contributed by atoms with Crippen molar-refractivity contribution >= 4 is 16.7 Å². The van der Waals surface area contributed by atoms with Gasteiger partial charge in [0.05, 0.1) is 11.7 Å². The maximum atomic E-state index is 6.11. The van der Waals surface area contributed by atoms with Gasteiger partial charge in [-0.1, -0.05) is 19.1 Å². The molecule has 1 N–H and O–H groups in total. The van der Waals surface area contributed by atoms with Crippen LogP contribution in [0.4, 0.5) is 5.82 Å². The molecule has 5 rings (SSSR count). The molecular formula is C20H22N4O. The summed E-state index contributed by atoms with van der Waals surface area (Å²) >= 11 is 0. The SMILES string of the molecule is CCc1nc(-c2cccc3[nH]ccc23)nc2c1OCC1CCCCN21. The van der Waals surface area contributed by atoms with Gasteiger partial charge < -0.3 is 14.6 Å². The standard InChI is InChI=1S/C20H22N4O/c1-2-16-18-20(24-11-4-3-6-13(24)12-25-18)23-19(22-16)15-7-5-8-17-14(15)9-10-21-17/h5,7-10,13,21H,2-4,6,11-12H2,1H3. The monoisotopic (exact) mass is 334 g/mol. The minimum Gasteiger partial charge on any atom is -0.486 e. The third-order valence-electron chi connectivity index (χ3n) is 5.41. The largest absolute Gasteiger partial charge is 0.486 e. The second-order valence-electron chi connectivity index (χ2n) is 6.90. The minimum atomic E-state index is 0.455. The molecule has 0 saturated carbocycles. The van der Waals surface area contributed by atoms with Crippen molar-refractivity contribution in [1.29, 1.82) is 0 Å². The average molecular weight is 334 g/mol. The molecule has 0 amide bonds. The Morgan fingerprint density at radius 2 is 2.20 bits per heavy atom. The lowest BCUT2D eigenvalue weighted by molar-refractivity contribution is 0.234. The van der Waals surface area contributed by atoms with E-state index in [1.165, 1.54) is 19.3 Å². The zero-order valence-electron chi connectivity index (χ0n) is 14.5. The van der Waals surface area contributed by atoms with Gasteiger partial charge in [-0.3, -0.25) is 0 Å². The van der Waals surface area contributed by atoms with E-state index in [1.807, 2.05) is 6.20 Å². The third kappa shape index (κ3) is 2.29. The fourth-order valence-electron chi connectivity index (χ4n) is 4.10. The van der Waals surface area contributed by atoms with Gasteiger partial charge in [0, 0.05) is 29.2 Å². The van der Waals surface area contributed by atoms with Crippen LogP contribution in [0.25, 0.3) is 22.3 Å². The number of hydrogen-bond acceptors (Lipinski definition) is 4. The fraction of sp³-hybridized carbons (Fsp3) is 0.400. The van der Waals surface area contributed by atoms with Crippen LogP contribution in [-0.4, -0.2) is 34.1 Å². The molecular weight excluding hydrogens is 312 g/mol. The third-order valence-corrected chi connectivity index (χ3v) is 5.41. The van der Waals surface area contributed by atoms with Gasteiger partial charge in [-0.15, -0.1) is 0 Å². The highest BCUT2D eigenvalue weighted by Gasteiger charge is 2.33. The first-order valence-electron chi connectivity index (χ1n) is 9.22. The summed E-state index contributed by atoms with van der Waals surface area (Å²) in [7, 11) is 0. The van der Waals surface area contributed by atoms with Crippen LogP contribution < -0.4 is 9.64 Å². The minimum absolute atomic E-state index is 0.455. The highest BCUT2D eigenvalue weighted by atomic mass is 16.5. The van der Waals surface area contributed by atoms with Crippen LogP contribution in [-0.2, 0) is 6.42 Å². The summed E-state index contributed by atoms with van der Waals surface area (Å²) in [5.41, 5.74) is 3.20. The Morgan fingerprint density at radius 3 is 3.12 bits per heavy atom. The van der Waals surface area contributed by atoms with Crippen LogP contribution in [0.2, 0.25) is 0 Å². The fourth-order valence-corrected chi connectivity index (χ4v) is 4.10. The molecule has 2 aliphatic heterocycles. The molecule has 0 aliphatic carbocycles. The Hall–Kier alpha value is -2.56. The van der Waals surface area contributed by atoms with E-state index in [9.17, 15) is 0 Å². The highest BCUT2D eigenvalue weighted by molar-refractivity contribution is 5.93. The first-order chi connectivity index (χ1) is 12.3. The summed E-state index contributed by atoms with van der Waals surface area (Å²) in [6.07, 6.45) is 6.51. The smallest absolute Gasteiger partial charge is 0.183 e. The molecule has 3 aromatic rings. The van der Waals surface area contributed by atoms with Gasteiger partial charge in [-0.25, -0.2) is 9.97 Å². The highest BCUT2D eigenvalue weighted by Crippen LogP contribution is 2.39. The number of ether oxygens (including phenoxy) is 1. The van der Waals surface area contributed by atoms with Crippen molar-refractivity contribution in [1.82, 2.24) is 15.0 Å². The number of fused-ring (bicyclic) bond motifs is 4. The number of benzene rings is 1. The van der Waals surface area contributed by atoms with Gasteiger partial charge >= 0.3 is 0 Å². The molecule has 1 unspecified atom stereocenters. The number of hydrogen-bond donors (Lipinski definition) is 1. The molecule has 0 bridgehead atoms. The predicted octanol–water partition coefficient (Wildman–Crippen LogP) is 3.94. The van der Waals surface area contributed by atoms with Crippen molar-refractivity contribution in [2.75, 3.05) is 18.1 Å². The first-order valence-corrected chi connectivity index (χ1v) is 9.22. The number of piperidine rings is 1. The lowest BCUT2D eigenvalue weighted by Crippen LogP contribution is -2.47. The molecule has 4 heterocycles. The maximum absolute atomic E-state index is 6.11. The van der Waals surface area contributed by atoms with Crippen molar-refractivity contribution in [3.8, 4) is 17.1 Å².